The molecule has 2 aromatic carbocycles. The van der Waals surface area contributed by atoms with Crippen LogP contribution in [0.5, 0.6) is 0 Å². The Kier molecular flexibility index (Phi) is 4.89. The first kappa shape index (κ1) is 16.8. The van der Waals surface area contributed by atoms with Crippen LogP contribution in [0.4, 0.5) is 0 Å². The molecule has 0 saturated heterocycles. The van der Waals surface area contributed by atoms with Crippen LogP contribution in [0, 0.1) is 0 Å². The van der Waals surface area contributed by atoms with E-state index >= 15 is 0 Å². The molecule has 2 heterocycles. The highest BCUT2D eigenvalue weighted by Gasteiger charge is 2.27. The molecule has 132 valence electrons. The summed E-state index contributed by atoms with van der Waals surface area (Å²) in [5.74, 6) is 0. The van der Waals surface area contributed by atoms with Crippen molar-refractivity contribution in [1.29, 1.82) is 0 Å². The Labute approximate surface area is 151 Å². The van der Waals surface area contributed by atoms with Gasteiger partial charge in [-0.05, 0) is 49.2 Å². The third kappa shape index (κ3) is 3.37. The zero-order valence-corrected chi connectivity index (χ0v) is 15.3. The van der Waals surface area contributed by atoms with Crippen LogP contribution in [0.15, 0.2) is 48.5 Å². The normalized spacial score (nSPS) is 23.9. The monoisotopic (exact) mass is 336 g/mol. The topological polar surface area (TPSA) is 15.7 Å². The van der Waals surface area contributed by atoms with E-state index in [1.807, 2.05) is 0 Å². The molecule has 0 saturated carbocycles. The van der Waals surface area contributed by atoms with Gasteiger partial charge in [-0.25, -0.2) is 0 Å². The van der Waals surface area contributed by atoms with Crippen LogP contribution in [-0.2, 0) is 17.6 Å². The molecule has 0 fully saturated rings. The van der Waals surface area contributed by atoms with Gasteiger partial charge in [-0.1, -0.05) is 48.5 Å². The lowest BCUT2D eigenvalue weighted by molar-refractivity contribution is 0.0273. The van der Waals surface area contributed by atoms with Gasteiger partial charge >= 0.3 is 0 Å². The molecule has 0 radical (unpaired) electrons. The Bertz CT molecular complexity index is 668. The van der Waals surface area contributed by atoms with Crippen molar-refractivity contribution in [3.05, 3.63) is 70.8 Å². The Hall–Kier alpha value is -1.68. The van der Waals surface area contributed by atoms with E-state index in [4.69, 9.17) is 4.74 Å². The van der Waals surface area contributed by atoms with Gasteiger partial charge in [0.05, 0.1) is 25.3 Å². The molecule has 2 aliphatic heterocycles. The average Bonchev–Trinajstić information content (AvgIpc) is 2.65. The second-order valence-corrected chi connectivity index (χ2v) is 7.43. The molecule has 0 spiro atoms. The molecule has 0 amide bonds. The van der Waals surface area contributed by atoms with E-state index in [0.717, 1.165) is 39.1 Å². The van der Waals surface area contributed by atoms with E-state index < -0.39 is 0 Å². The maximum atomic E-state index is 6.28. The van der Waals surface area contributed by atoms with Crippen molar-refractivity contribution in [2.45, 2.75) is 24.9 Å². The third-order valence-electron chi connectivity index (χ3n) is 5.91. The molecule has 0 aliphatic carbocycles. The highest BCUT2D eigenvalue weighted by Crippen LogP contribution is 2.31. The van der Waals surface area contributed by atoms with Gasteiger partial charge in [-0.15, -0.1) is 0 Å². The number of hydrogen-bond acceptors (Lipinski definition) is 3. The molecule has 4 rings (SSSR count). The smallest absolute Gasteiger partial charge is 0.0664 e. The Morgan fingerprint density at radius 1 is 0.760 bits per heavy atom. The van der Waals surface area contributed by atoms with Gasteiger partial charge in [0.2, 0.25) is 0 Å². The van der Waals surface area contributed by atoms with E-state index in [9.17, 15) is 0 Å². The molecule has 2 unspecified atom stereocenters. The number of hydrogen-bond donors (Lipinski definition) is 0. The van der Waals surface area contributed by atoms with E-state index in [1.165, 1.54) is 22.3 Å². The van der Waals surface area contributed by atoms with Crippen molar-refractivity contribution in [3.8, 4) is 0 Å². The van der Waals surface area contributed by atoms with Crippen molar-refractivity contribution >= 4 is 0 Å². The van der Waals surface area contributed by atoms with Crippen LogP contribution in [0.1, 0.15) is 34.3 Å². The fourth-order valence-corrected chi connectivity index (χ4v) is 4.28. The first-order valence-electron chi connectivity index (χ1n) is 9.38. The number of ether oxygens (including phenoxy) is 1. The van der Waals surface area contributed by atoms with Crippen LogP contribution >= 0.6 is 0 Å². The van der Waals surface area contributed by atoms with E-state index in [-0.39, 0.29) is 0 Å². The number of rotatable bonds is 4. The minimum atomic E-state index is 0.370. The SMILES string of the molecule is CN1CCc2ccccc2C1COCC1c2ccccc2CCN1C. The van der Waals surface area contributed by atoms with E-state index in [2.05, 4.69) is 72.4 Å². The van der Waals surface area contributed by atoms with Gasteiger partial charge in [-0.3, -0.25) is 9.80 Å². The fourth-order valence-electron chi connectivity index (χ4n) is 4.28. The highest BCUT2D eigenvalue weighted by molar-refractivity contribution is 5.33. The summed E-state index contributed by atoms with van der Waals surface area (Å²) in [6.45, 7) is 3.74. The number of benzene rings is 2. The Morgan fingerprint density at radius 2 is 1.20 bits per heavy atom. The van der Waals surface area contributed by atoms with Crippen LogP contribution in [0.2, 0.25) is 0 Å². The molecular formula is C22H28N2O. The predicted octanol–water partition coefficient (Wildman–Crippen LogP) is 3.46. The van der Waals surface area contributed by atoms with Crippen LogP contribution in [0.3, 0.4) is 0 Å². The van der Waals surface area contributed by atoms with E-state index in [0.29, 0.717) is 12.1 Å². The fraction of sp³-hybridized carbons (Fsp3) is 0.455. The molecular weight excluding hydrogens is 308 g/mol. The lowest BCUT2D eigenvalue weighted by Gasteiger charge is -2.37. The van der Waals surface area contributed by atoms with Crippen molar-refractivity contribution in [2.24, 2.45) is 0 Å². The summed E-state index contributed by atoms with van der Waals surface area (Å²) in [6.07, 6.45) is 2.28. The molecule has 3 nitrogen and oxygen atoms in total. The van der Waals surface area contributed by atoms with Gasteiger partial charge in [-0.2, -0.15) is 0 Å². The number of nitrogens with zero attached hydrogens (tertiary/aromatic N) is 2. The van der Waals surface area contributed by atoms with Gasteiger partial charge in [0.1, 0.15) is 0 Å². The lowest BCUT2D eigenvalue weighted by Crippen LogP contribution is -2.37. The third-order valence-corrected chi connectivity index (χ3v) is 5.91. The molecule has 3 heteroatoms. The molecule has 2 aliphatic rings. The number of fused-ring (bicyclic) bond motifs is 2. The highest BCUT2D eigenvalue weighted by atomic mass is 16.5. The zero-order chi connectivity index (χ0) is 17.2. The summed E-state index contributed by atoms with van der Waals surface area (Å²) in [7, 11) is 4.43. The maximum absolute atomic E-state index is 6.28. The summed E-state index contributed by atoms with van der Waals surface area (Å²) in [5.41, 5.74) is 5.84. The van der Waals surface area contributed by atoms with Gasteiger partial charge < -0.3 is 4.74 Å². The second kappa shape index (κ2) is 7.28. The summed E-state index contributed by atoms with van der Waals surface area (Å²) in [5, 5.41) is 0. The second-order valence-electron chi connectivity index (χ2n) is 7.43. The first-order chi connectivity index (χ1) is 12.2. The van der Waals surface area contributed by atoms with Crippen molar-refractivity contribution < 1.29 is 4.74 Å². The quantitative estimate of drug-likeness (QED) is 0.850. The molecule has 0 aromatic heterocycles. The minimum Gasteiger partial charge on any atom is -0.377 e. The Balaban J connectivity index is 1.45. The minimum absolute atomic E-state index is 0.370. The summed E-state index contributed by atoms with van der Waals surface area (Å²) >= 11 is 0. The largest absolute Gasteiger partial charge is 0.377 e. The van der Waals surface area contributed by atoms with Crippen LogP contribution < -0.4 is 0 Å². The summed E-state index contributed by atoms with van der Waals surface area (Å²) in [6, 6.07) is 18.4. The number of likely N-dealkylation sites (N-methyl/N-ethyl adjacent to an activating group) is 2. The maximum Gasteiger partial charge on any atom is 0.0664 e. The molecule has 0 N–H and O–H groups in total. The molecule has 0 bridgehead atoms. The van der Waals surface area contributed by atoms with Crippen LogP contribution in [0.25, 0.3) is 0 Å². The van der Waals surface area contributed by atoms with Crippen molar-refractivity contribution in [3.63, 3.8) is 0 Å². The van der Waals surface area contributed by atoms with Crippen LogP contribution in [-0.4, -0.2) is 50.2 Å². The van der Waals surface area contributed by atoms with Gasteiger partial charge in [0.15, 0.2) is 0 Å². The lowest BCUT2D eigenvalue weighted by atomic mass is 9.93. The first-order valence-corrected chi connectivity index (χ1v) is 9.38. The standard InChI is InChI=1S/C22H28N2O/c1-23-13-11-17-7-3-5-9-19(17)21(23)15-25-16-22-20-10-6-4-8-18(20)12-14-24(22)2/h3-10,21-22H,11-16H2,1-2H3. The van der Waals surface area contributed by atoms with Gasteiger partial charge in [0, 0.05) is 13.1 Å². The average molecular weight is 336 g/mol. The zero-order valence-electron chi connectivity index (χ0n) is 15.3. The molecule has 25 heavy (non-hydrogen) atoms. The van der Waals surface area contributed by atoms with Gasteiger partial charge in [0.25, 0.3) is 0 Å². The predicted molar refractivity (Wildman–Crippen MR) is 102 cm³/mol. The van der Waals surface area contributed by atoms with Crippen molar-refractivity contribution in [1.82, 2.24) is 9.80 Å². The summed E-state index contributed by atoms with van der Waals surface area (Å²) in [4.78, 5) is 4.86. The van der Waals surface area contributed by atoms with E-state index in [1.54, 1.807) is 0 Å². The summed E-state index contributed by atoms with van der Waals surface area (Å²) < 4.78 is 6.28. The molecule has 2 atom stereocenters. The molecule has 2 aromatic rings. The van der Waals surface area contributed by atoms with Crippen molar-refractivity contribution in [2.75, 3.05) is 40.4 Å². The Morgan fingerprint density at radius 3 is 1.68 bits per heavy atom.